The van der Waals surface area contributed by atoms with Crippen molar-refractivity contribution in [2.24, 2.45) is 11.7 Å². The van der Waals surface area contributed by atoms with Crippen LogP contribution in [-0.4, -0.2) is 17.9 Å². The van der Waals surface area contributed by atoms with E-state index >= 15 is 0 Å². The quantitative estimate of drug-likeness (QED) is 0.752. The molecule has 4 N–H and O–H groups in total. The van der Waals surface area contributed by atoms with Crippen LogP contribution in [0, 0.1) is 12.8 Å². The van der Waals surface area contributed by atoms with Gasteiger partial charge in [0.1, 0.15) is 0 Å². The van der Waals surface area contributed by atoms with Crippen LogP contribution in [-0.2, 0) is 9.59 Å². The van der Waals surface area contributed by atoms with Crippen molar-refractivity contribution in [3.05, 3.63) is 23.8 Å². The maximum absolute atomic E-state index is 11.9. The molecule has 114 valence electrons. The van der Waals surface area contributed by atoms with Crippen molar-refractivity contribution in [1.82, 2.24) is 0 Å². The van der Waals surface area contributed by atoms with Gasteiger partial charge in [-0.1, -0.05) is 6.07 Å². The highest BCUT2D eigenvalue weighted by molar-refractivity contribution is 5.96. The Labute approximate surface area is 125 Å². The number of hydrogen-bond acceptors (Lipinski definition) is 3. The number of nitrogens with two attached hydrogens (primary N) is 1. The number of aryl methyl sites for hydroxylation is 1. The number of carbonyl (C=O) groups excluding carboxylic acids is 2. The Morgan fingerprint density at radius 2 is 2.05 bits per heavy atom. The fraction of sp³-hybridized carbons (Fsp3) is 0.500. The Kier molecular flexibility index (Phi) is 4.96. The molecule has 2 amide bonds. The summed E-state index contributed by atoms with van der Waals surface area (Å²) >= 11 is 0. The summed E-state index contributed by atoms with van der Waals surface area (Å²) in [5.74, 6) is 0.171. The Balaban J connectivity index is 1.97. The Hall–Kier alpha value is -1.88. The van der Waals surface area contributed by atoms with Crippen molar-refractivity contribution in [1.29, 1.82) is 0 Å². The zero-order valence-electron chi connectivity index (χ0n) is 12.6. The van der Waals surface area contributed by atoms with Crippen LogP contribution < -0.4 is 16.4 Å². The van der Waals surface area contributed by atoms with Crippen molar-refractivity contribution < 1.29 is 9.59 Å². The van der Waals surface area contributed by atoms with Crippen LogP contribution >= 0.6 is 0 Å². The summed E-state index contributed by atoms with van der Waals surface area (Å²) in [5.41, 5.74) is 8.07. The first kappa shape index (κ1) is 15.5. The van der Waals surface area contributed by atoms with Crippen LogP contribution in [0.3, 0.4) is 0 Å². The van der Waals surface area contributed by atoms with Crippen LogP contribution in [0.5, 0.6) is 0 Å². The molecule has 1 aliphatic carbocycles. The number of anilines is 2. The van der Waals surface area contributed by atoms with Crippen LogP contribution in [0.2, 0.25) is 0 Å². The van der Waals surface area contributed by atoms with Gasteiger partial charge in [0.2, 0.25) is 11.8 Å². The molecule has 0 aliphatic heterocycles. The lowest BCUT2D eigenvalue weighted by molar-refractivity contribution is -0.117. The molecule has 0 saturated heterocycles. The predicted octanol–water partition coefficient (Wildman–Crippen LogP) is 2.41. The average molecular weight is 289 g/mol. The molecule has 5 heteroatoms. The Morgan fingerprint density at radius 3 is 2.67 bits per heavy atom. The van der Waals surface area contributed by atoms with E-state index < -0.39 is 0 Å². The molecule has 1 saturated carbocycles. The van der Waals surface area contributed by atoms with Gasteiger partial charge in [0, 0.05) is 29.8 Å². The standard InChI is InChI=1S/C16H23N3O2/c1-10-3-7-13(18-16(21)12-5-6-12)9-14(10)19-15(20)8-4-11(2)17/h3,7,9,11-12H,4-6,8,17H2,1-2H3,(H,18,21)(H,19,20). The molecule has 21 heavy (non-hydrogen) atoms. The Morgan fingerprint density at radius 1 is 1.33 bits per heavy atom. The van der Waals surface area contributed by atoms with Crippen molar-refractivity contribution >= 4 is 23.2 Å². The predicted molar refractivity (Wildman–Crippen MR) is 84.0 cm³/mol. The fourth-order valence-corrected chi connectivity index (χ4v) is 2.00. The summed E-state index contributed by atoms with van der Waals surface area (Å²) < 4.78 is 0. The largest absolute Gasteiger partial charge is 0.328 e. The molecular formula is C16H23N3O2. The van der Waals surface area contributed by atoms with Crippen LogP contribution in [0.1, 0.15) is 38.2 Å². The summed E-state index contributed by atoms with van der Waals surface area (Å²) in [6.45, 7) is 3.81. The first-order valence-corrected chi connectivity index (χ1v) is 7.42. The van der Waals surface area contributed by atoms with Crippen molar-refractivity contribution in [2.45, 2.75) is 45.6 Å². The molecule has 0 aromatic heterocycles. The van der Waals surface area contributed by atoms with E-state index in [0.717, 1.165) is 29.8 Å². The molecule has 0 radical (unpaired) electrons. The third-order valence-electron chi connectivity index (χ3n) is 3.55. The molecule has 0 spiro atoms. The molecule has 1 fully saturated rings. The molecule has 2 rings (SSSR count). The summed E-state index contributed by atoms with van der Waals surface area (Å²) in [6.07, 6.45) is 3.00. The molecule has 1 atom stereocenters. The molecule has 5 nitrogen and oxygen atoms in total. The molecule has 0 heterocycles. The number of hydrogen-bond donors (Lipinski definition) is 3. The molecule has 1 aromatic rings. The number of amides is 2. The van der Waals surface area contributed by atoms with Gasteiger partial charge >= 0.3 is 0 Å². The van der Waals surface area contributed by atoms with Gasteiger partial charge in [-0.15, -0.1) is 0 Å². The minimum absolute atomic E-state index is 0.0148. The van der Waals surface area contributed by atoms with E-state index in [2.05, 4.69) is 10.6 Å². The molecular weight excluding hydrogens is 266 g/mol. The van der Waals surface area contributed by atoms with Crippen LogP contribution in [0.4, 0.5) is 11.4 Å². The van der Waals surface area contributed by atoms with Crippen LogP contribution in [0.25, 0.3) is 0 Å². The molecule has 1 unspecified atom stereocenters. The molecule has 1 aromatic carbocycles. The monoisotopic (exact) mass is 289 g/mol. The second kappa shape index (κ2) is 6.72. The highest BCUT2D eigenvalue weighted by Crippen LogP contribution is 2.30. The van der Waals surface area contributed by atoms with E-state index in [4.69, 9.17) is 5.73 Å². The van der Waals surface area contributed by atoms with E-state index in [-0.39, 0.29) is 23.8 Å². The zero-order valence-corrected chi connectivity index (χ0v) is 12.6. The third kappa shape index (κ3) is 4.86. The van der Waals surface area contributed by atoms with E-state index in [9.17, 15) is 9.59 Å². The summed E-state index contributed by atoms with van der Waals surface area (Å²) in [6, 6.07) is 5.57. The van der Waals surface area contributed by atoms with Crippen molar-refractivity contribution in [3.8, 4) is 0 Å². The second-order valence-electron chi connectivity index (χ2n) is 5.86. The van der Waals surface area contributed by atoms with Gasteiger partial charge in [0.25, 0.3) is 0 Å². The average Bonchev–Trinajstić information content (AvgIpc) is 3.24. The van der Waals surface area contributed by atoms with Gasteiger partial charge < -0.3 is 16.4 Å². The van der Waals surface area contributed by atoms with E-state index in [1.54, 1.807) is 6.07 Å². The van der Waals surface area contributed by atoms with E-state index in [1.165, 1.54) is 0 Å². The number of carbonyl (C=O) groups is 2. The van der Waals surface area contributed by atoms with Gasteiger partial charge in [-0.25, -0.2) is 0 Å². The van der Waals surface area contributed by atoms with Crippen molar-refractivity contribution in [3.63, 3.8) is 0 Å². The lowest BCUT2D eigenvalue weighted by Crippen LogP contribution is -2.20. The summed E-state index contributed by atoms with van der Waals surface area (Å²) in [7, 11) is 0. The highest BCUT2D eigenvalue weighted by atomic mass is 16.2. The zero-order chi connectivity index (χ0) is 15.4. The smallest absolute Gasteiger partial charge is 0.227 e. The van der Waals surface area contributed by atoms with Gasteiger partial charge in [-0.2, -0.15) is 0 Å². The van der Waals surface area contributed by atoms with Crippen LogP contribution in [0.15, 0.2) is 18.2 Å². The highest BCUT2D eigenvalue weighted by Gasteiger charge is 2.29. The van der Waals surface area contributed by atoms with Gasteiger partial charge in [0.05, 0.1) is 0 Å². The first-order valence-electron chi connectivity index (χ1n) is 7.42. The van der Waals surface area contributed by atoms with Gasteiger partial charge in [0.15, 0.2) is 0 Å². The lowest BCUT2D eigenvalue weighted by Gasteiger charge is -2.12. The second-order valence-corrected chi connectivity index (χ2v) is 5.86. The number of benzene rings is 1. The third-order valence-corrected chi connectivity index (χ3v) is 3.55. The number of rotatable bonds is 6. The van der Waals surface area contributed by atoms with Gasteiger partial charge in [-0.05, 0) is 50.8 Å². The van der Waals surface area contributed by atoms with E-state index in [0.29, 0.717) is 12.8 Å². The summed E-state index contributed by atoms with van der Waals surface area (Å²) in [4.78, 5) is 23.6. The molecule has 0 bridgehead atoms. The van der Waals surface area contributed by atoms with Crippen molar-refractivity contribution in [2.75, 3.05) is 10.6 Å². The first-order chi connectivity index (χ1) is 9.95. The minimum Gasteiger partial charge on any atom is -0.328 e. The van der Waals surface area contributed by atoms with Gasteiger partial charge in [-0.3, -0.25) is 9.59 Å². The summed E-state index contributed by atoms with van der Waals surface area (Å²) in [5, 5.41) is 5.76. The SMILES string of the molecule is Cc1ccc(NC(=O)C2CC2)cc1NC(=O)CCC(C)N. The van der Waals surface area contributed by atoms with E-state index in [1.807, 2.05) is 26.0 Å². The Bertz CT molecular complexity index is 536. The molecule has 1 aliphatic rings. The lowest BCUT2D eigenvalue weighted by atomic mass is 10.1. The number of nitrogens with one attached hydrogen (secondary N) is 2. The topological polar surface area (TPSA) is 84.2 Å². The maximum atomic E-state index is 11.9. The normalized spacial score (nSPS) is 15.4. The maximum Gasteiger partial charge on any atom is 0.227 e. The fourth-order valence-electron chi connectivity index (χ4n) is 2.00. The minimum atomic E-state index is -0.0546.